The van der Waals surface area contributed by atoms with Crippen molar-refractivity contribution in [3.05, 3.63) is 35.9 Å². The molecule has 0 spiro atoms. The number of nitrogens with one attached hydrogen (secondary N) is 2. The maximum atomic E-state index is 12.5. The van der Waals surface area contributed by atoms with Crippen LogP contribution in [0.5, 0.6) is 0 Å². The molecule has 1 atom stereocenters. The number of alkyl carbamates (subject to hydrolysis) is 1. The number of rotatable bonds is 9. The summed E-state index contributed by atoms with van der Waals surface area (Å²) < 4.78 is 10.5. The molecule has 0 heterocycles. The van der Waals surface area contributed by atoms with Crippen LogP contribution in [0, 0.1) is 5.92 Å². The van der Waals surface area contributed by atoms with E-state index in [9.17, 15) is 14.4 Å². The van der Waals surface area contributed by atoms with Gasteiger partial charge in [0.05, 0.1) is 0 Å². The van der Waals surface area contributed by atoms with Gasteiger partial charge in [-0.2, -0.15) is 0 Å². The van der Waals surface area contributed by atoms with E-state index >= 15 is 0 Å². The smallest absolute Gasteiger partial charge is 0.409 e. The maximum Gasteiger partial charge on any atom is 0.409 e. The fraction of sp³-hybridized carbons (Fsp3) is 0.591. The Morgan fingerprint density at radius 3 is 2.30 bits per heavy atom. The van der Waals surface area contributed by atoms with E-state index in [2.05, 4.69) is 10.6 Å². The zero-order valence-corrected chi connectivity index (χ0v) is 18.9. The van der Waals surface area contributed by atoms with Crippen molar-refractivity contribution < 1.29 is 23.9 Å². The second-order valence-electron chi connectivity index (χ2n) is 8.58. The molecule has 0 saturated carbocycles. The molecule has 0 aliphatic rings. The Kier molecular flexibility index (Phi) is 10.1. The highest BCUT2D eigenvalue weighted by Gasteiger charge is 2.25. The van der Waals surface area contributed by atoms with E-state index in [1.165, 1.54) is 4.90 Å². The zero-order chi connectivity index (χ0) is 22.7. The Morgan fingerprint density at radius 1 is 1.10 bits per heavy atom. The first-order valence-corrected chi connectivity index (χ1v) is 10.2. The number of hydrogen-bond donors (Lipinski definition) is 2. The Hall–Kier alpha value is -2.77. The van der Waals surface area contributed by atoms with Crippen LogP contribution in [0.25, 0.3) is 0 Å². The van der Waals surface area contributed by atoms with Crippen molar-refractivity contribution in [2.24, 2.45) is 5.92 Å². The second kappa shape index (κ2) is 12.0. The highest BCUT2D eigenvalue weighted by molar-refractivity contribution is 5.85. The van der Waals surface area contributed by atoms with E-state index in [4.69, 9.17) is 9.47 Å². The number of ether oxygens (including phenoxy) is 2. The molecule has 2 N–H and O–H groups in total. The van der Waals surface area contributed by atoms with E-state index in [-0.39, 0.29) is 31.5 Å². The summed E-state index contributed by atoms with van der Waals surface area (Å²) in [5.41, 5.74) is 0.253. The Bertz CT molecular complexity index is 686. The van der Waals surface area contributed by atoms with Crippen molar-refractivity contribution in [2.75, 3.05) is 20.1 Å². The average molecular weight is 422 g/mol. The molecule has 0 aliphatic heterocycles. The van der Waals surface area contributed by atoms with Crippen molar-refractivity contribution in [2.45, 2.75) is 59.3 Å². The van der Waals surface area contributed by atoms with E-state index in [0.29, 0.717) is 6.42 Å². The van der Waals surface area contributed by atoms with Crippen LogP contribution in [0.1, 0.15) is 46.6 Å². The van der Waals surface area contributed by atoms with Gasteiger partial charge in [-0.15, -0.1) is 0 Å². The lowest BCUT2D eigenvalue weighted by Crippen LogP contribution is -2.50. The molecule has 1 rings (SSSR count). The van der Waals surface area contributed by atoms with Crippen LogP contribution < -0.4 is 10.6 Å². The topological polar surface area (TPSA) is 97.0 Å². The molecule has 0 saturated heterocycles. The highest BCUT2D eigenvalue weighted by Crippen LogP contribution is 2.09. The Labute approximate surface area is 179 Å². The highest BCUT2D eigenvalue weighted by atomic mass is 16.6. The number of carbonyl (C=O) groups is 3. The van der Waals surface area contributed by atoms with Gasteiger partial charge in [0, 0.05) is 20.1 Å². The minimum atomic E-state index is -0.713. The van der Waals surface area contributed by atoms with Crippen LogP contribution >= 0.6 is 0 Å². The summed E-state index contributed by atoms with van der Waals surface area (Å²) in [5, 5.41) is 5.38. The maximum absolute atomic E-state index is 12.5. The second-order valence-corrected chi connectivity index (χ2v) is 8.58. The zero-order valence-electron chi connectivity index (χ0n) is 18.9. The predicted molar refractivity (Wildman–Crippen MR) is 115 cm³/mol. The summed E-state index contributed by atoms with van der Waals surface area (Å²) in [6, 6.07) is 8.68. The molecule has 0 fully saturated rings. The van der Waals surface area contributed by atoms with Crippen LogP contribution in [0.15, 0.2) is 30.3 Å². The van der Waals surface area contributed by atoms with E-state index < -0.39 is 23.8 Å². The third kappa shape index (κ3) is 10.7. The number of carbonyl (C=O) groups excluding carboxylic acids is 3. The molecule has 168 valence electrons. The molecule has 0 aliphatic carbocycles. The molecular weight excluding hydrogens is 386 g/mol. The van der Waals surface area contributed by atoms with E-state index in [1.54, 1.807) is 27.8 Å². The van der Waals surface area contributed by atoms with Gasteiger partial charge in [-0.1, -0.05) is 44.2 Å². The molecule has 8 heteroatoms. The first-order valence-electron chi connectivity index (χ1n) is 10.2. The van der Waals surface area contributed by atoms with Gasteiger partial charge < -0.3 is 25.0 Å². The van der Waals surface area contributed by atoms with Gasteiger partial charge >= 0.3 is 12.2 Å². The molecular formula is C22H35N3O5. The van der Waals surface area contributed by atoms with Crippen LogP contribution in [0.4, 0.5) is 9.59 Å². The quantitative estimate of drug-likeness (QED) is 0.638. The lowest BCUT2D eigenvalue weighted by molar-refractivity contribution is -0.123. The minimum absolute atomic E-state index is 0.187. The minimum Gasteiger partial charge on any atom is -0.445 e. The fourth-order valence-electron chi connectivity index (χ4n) is 2.54. The predicted octanol–water partition coefficient (Wildman–Crippen LogP) is 3.31. The van der Waals surface area contributed by atoms with Gasteiger partial charge in [0.1, 0.15) is 18.2 Å². The van der Waals surface area contributed by atoms with Gasteiger partial charge in [0.25, 0.3) is 0 Å². The summed E-state index contributed by atoms with van der Waals surface area (Å²) in [5.74, 6) is -0.119. The van der Waals surface area contributed by atoms with Crippen LogP contribution in [0.2, 0.25) is 0 Å². The summed E-state index contributed by atoms with van der Waals surface area (Å²) in [4.78, 5) is 38.0. The SMILES string of the molecule is CC(C)CC(NC(=O)OC(C)(C)C)C(=O)NCCN(C)C(=O)OCc1ccccc1. The number of nitrogens with zero attached hydrogens (tertiary/aromatic N) is 1. The average Bonchev–Trinajstić information content (AvgIpc) is 2.64. The van der Waals surface area contributed by atoms with E-state index in [0.717, 1.165) is 5.56 Å². The molecule has 8 nitrogen and oxygen atoms in total. The molecule has 3 amide bonds. The van der Waals surface area contributed by atoms with Crippen molar-refractivity contribution in [3.8, 4) is 0 Å². The van der Waals surface area contributed by atoms with Crippen LogP contribution in [-0.4, -0.2) is 54.8 Å². The van der Waals surface area contributed by atoms with Gasteiger partial charge in [0.2, 0.25) is 5.91 Å². The van der Waals surface area contributed by atoms with Crippen molar-refractivity contribution in [1.82, 2.24) is 15.5 Å². The first-order chi connectivity index (χ1) is 14.0. The number of hydrogen-bond acceptors (Lipinski definition) is 5. The lowest BCUT2D eigenvalue weighted by Gasteiger charge is -2.24. The fourth-order valence-corrected chi connectivity index (χ4v) is 2.54. The number of benzene rings is 1. The van der Waals surface area contributed by atoms with Crippen molar-refractivity contribution in [3.63, 3.8) is 0 Å². The summed E-state index contributed by atoms with van der Waals surface area (Å²) >= 11 is 0. The van der Waals surface area contributed by atoms with Gasteiger partial charge in [-0.3, -0.25) is 4.79 Å². The molecule has 1 unspecified atom stereocenters. The Morgan fingerprint density at radius 2 is 1.73 bits per heavy atom. The molecule has 30 heavy (non-hydrogen) atoms. The van der Waals surface area contributed by atoms with Gasteiger partial charge in [0.15, 0.2) is 0 Å². The Balaban J connectivity index is 2.45. The summed E-state index contributed by atoms with van der Waals surface area (Å²) in [6.07, 6.45) is -0.636. The molecule has 1 aromatic rings. The molecule has 0 bridgehead atoms. The largest absolute Gasteiger partial charge is 0.445 e. The molecule has 0 radical (unpaired) electrons. The van der Waals surface area contributed by atoms with Crippen LogP contribution in [-0.2, 0) is 20.9 Å². The van der Waals surface area contributed by atoms with Crippen molar-refractivity contribution >= 4 is 18.1 Å². The number of amides is 3. The van der Waals surface area contributed by atoms with Crippen molar-refractivity contribution in [1.29, 1.82) is 0 Å². The third-order valence-electron chi connectivity index (χ3n) is 3.98. The first kappa shape index (κ1) is 25.3. The molecule has 1 aromatic carbocycles. The van der Waals surface area contributed by atoms with Gasteiger partial charge in [-0.05, 0) is 38.7 Å². The summed E-state index contributed by atoms with van der Waals surface area (Å²) in [6.45, 7) is 9.92. The van der Waals surface area contributed by atoms with Gasteiger partial charge in [-0.25, -0.2) is 9.59 Å². The monoisotopic (exact) mass is 421 g/mol. The van der Waals surface area contributed by atoms with Crippen LogP contribution in [0.3, 0.4) is 0 Å². The van der Waals surface area contributed by atoms with E-state index in [1.807, 2.05) is 44.2 Å². The summed E-state index contributed by atoms with van der Waals surface area (Å²) in [7, 11) is 1.60. The third-order valence-corrected chi connectivity index (χ3v) is 3.98. The number of likely N-dealkylation sites (N-methyl/N-ethyl adjacent to an activating group) is 1. The normalized spacial score (nSPS) is 12.1. The lowest BCUT2D eigenvalue weighted by atomic mass is 10.0. The molecule has 0 aromatic heterocycles. The standard InChI is InChI=1S/C22H35N3O5/c1-16(2)14-18(24-20(27)30-22(3,4)5)19(26)23-12-13-25(6)21(28)29-15-17-10-8-7-9-11-17/h7-11,16,18H,12-15H2,1-6H3,(H,23,26)(H,24,27).